The van der Waals surface area contributed by atoms with Crippen molar-refractivity contribution in [3.63, 3.8) is 0 Å². The Kier molecular flexibility index (Phi) is 4.02. The Hall–Kier alpha value is -1.35. The predicted molar refractivity (Wildman–Crippen MR) is 73.2 cm³/mol. The van der Waals surface area contributed by atoms with Crippen LogP contribution in [0.4, 0.5) is 0 Å². The monoisotopic (exact) mass is 246 g/mol. The number of carbonyl (C=O) groups excluding carboxylic acids is 1. The number of carbonyl (C=O) groups is 1. The van der Waals surface area contributed by atoms with Crippen LogP contribution in [0.3, 0.4) is 0 Å². The summed E-state index contributed by atoms with van der Waals surface area (Å²) in [5, 5.41) is 0. The van der Waals surface area contributed by atoms with Crippen LogP contribution >= 0.6 is 0 Å². The molecule has 1 aromatic carbocycles. The molecule has 1 aliphatic rings. The standard InChI is InChI=1S/C15H22N2O/c1-12-9-16(14(3)18)10-13(2)17(12)11-15-7-5-4-6-8-15/h4-8,12-13H,9-11H2,1-3H3/t12-,13+. The van der Waals surface area contributed by atoms with Gasteiger partial charge < -0.3 is 4.90 Å². The zero-order chi connectivity index (χ0) is 13.1. The molecule has 1 aliphatic heterocycles. The lowest BCUT2D eigenvalue weighted by Crippen LogP contribution is -2.57. The molecule has 0 unspecified atom stereocenters. The quantitative estimate of drug-likeness (QED) is 0.798. The van der Waals surface area contributed by atoms with Gasteiger partial charge in [0.1, 0.15) is 0 Å². The van der Waals surface area contributed by atoms with Crippen LogP contribution in [0.5, 0.6) is 0 Å². The number of benzene rings is 1. The Balaban J connectivity index is 2.04. The molecule has 0 spiro atoms. The summed E-state index contributed by atoms with van der Waals surface area (Å²) in [6, 6.07) is 11.4. The Bertz CT molecular complexity index is 392. The van der Waals surface area contributed by atoms with E-state index in [4.69, 9.17) is 0 Å². The summed E-state index contributed by atoms with van der Waals surface area (Å²) in [5.41, 5.74) is 1.34. The number of rotatable bonds is 2. The minimum absolute atomic E-state index is 0.188. The lowest BCUT2D eigenvalue weighted by Gasteiger charge is -2.44. The van der Waals surface area contributed by atoms with Crippen molar-refractivity contribution in [3.05, 3.63) is 35.9 Å². The fraction of sp³-hybridized carbons (Fsp3) is 0.533. The van der Waals surface area contributed by atoms with Crippen LogP contribution in [0, 0.1) is 0 Å². The number of hydrogen-bond acceptors (Lipinski definition) is 2. The van der Waals surface area contributed by atoms with E-state index in [0.29, 0.717) is 12.1 Å². The third-order valence-electron chi connectivity index (χ3n) is 3.75. The van der Waals surface area contributed by atoms with Crippen LogP contribution < -0.4 is 0 Å². The zero-order valence-corrected chi connectivity index (χ0v) is 11.5. The zero-order valence-electron chi connectivity index (χ0n) is 11.5. The molecule has 0 aliphatic carbocycles. The lowest BCUT2D eigenvalue weighted by atomic mass is 10.1. The van der Waals surface area contributed by atoms with Gasteiger partial charge in [-0.3, -0.25) is 9.69 Å². The first-order valence-corrected chi connectivity index (χ1v) is 6.63. The summed E-state index contributed by atoms with van der Waals surface area (Å²) in [6.07, 6.45) is 0. The van der Waals surface area contributed by atoms with E-state index in [0.717, 1.165) is 19.6 Å². The second kappa shape index (κ2) is 5.53. The fourth-order valence-electron chi connectivity index (χ4n) is 2.72. The largest absolute Gasteiger partial charge is 0.340 e. The highest BCUT2D eigenvalue weighted by Crippen LogP contribution is 2.18. The van der Waals surface area contributed by atoms with Crippen LogP contribution in [0.1, 0.15) is 26.3 Å². The first-order chi connectivity index (χ1) is 8.58. The van der Waals surface area contributed by atoms with Gasteiger partial charge in [-0.05, 0) is 19.4 Å². The average Bonchev–Trinajstić information content (AvgIpc) is 2.34. The lowest BCUT2D eigenvalue weighted by molar-refractivity contribution is -0.133. The van der Waals surface area contributed by atoms with Crippen molar-refractivity contribution >= 4 is 5.91 Å². The Morgan fingerprint density at radius 2 is 1.72 bits per heavy atom. The summed E-state index contributed by atoms with van der Waals surface area (Å²) in [7, 11) is 0. The van der Waals surface area contributed by atoms with Gasteiger partial charge in [-0.2, -0.15) is 0 Å². The topological polar surface area (TPSA) is 23.6 Å². The van der Waals surface area contributed by atoms with Crippen molar-refractivity contribution in [2.75, 3.05) is 13.1 Å². The van der Waals surface area contributed by atoms with Gasteiger partial charge in [0, 0.05) is 38.6 Å². The summed E-state index contributed by atoms with van der Waals surface area (Å²) in [4.78, 5) is 15.9. The molecule has 1 amide bonds. The Labute approximate surface area is 109 Å². The summed E-state index contributed by atoms with van der Waals surface area (Å²) < 4.78 is 0. The van der Waals surface area contributed by atoms with E-state index < -0.39 is 0 Å². The molecule has 3 heteroatoms. The second-order valence-electron chi connectivity index (χ2n) is 5.28. The molecule has 1 fully saturated rings. The molecule has 0 N–H and O–H groups in total. The number of hydrogen-bond donors (Lipinski definition) is 0. The van der Waals surface area contributed by atoms with E-state index in [1.807, 2.05) is 11.0 Å². The van der Waals surface area contributed by atoms with Crippen LogP contribution in [0.25, 0.3) is 0 Å². The van der Waals surface area contributed by atoms with Gasteiger partial charge in [0.2, 0.25) is 5.91 Å². The van der Waals surface area contributed by atoms with Crippen LogP contribution in [-0.4, -0.2) is 40.9 Å². The van der Waals surface area contributed by atoms with Gasteiger partial charge in [0.15, 0.2) is 0 Å². The predicted octanol–water partition coefficient (Wildman–Crippen LogP) is 2.13. The highest BCUT2D eigenvalue weighted by molar-refractivity contribution is 5.73. The molecule has 1 aromatic rings. The summed E-state index contributed by atoms with van der Waals surface area (Å²) in [5.74, 6) is 0.188. The molecule has 0 aromatic heterocycles. The van der Waals surface area contributed by atoms with Gasteiger partial charge in [0.25, 0.3) is 0 Å². The van der Waals surface area contributed by atoms with Gasteiger partial charge in [-0.25, -0.2) is 0 Å². The smallest absolute Gasteiger partial charge is 0.219 e. The minimum Gasteiger partial charge on any atom is -0.340 e. The number of nitrogens with zero attached hydrogens (tertiary/aromatic N) is 2. The van der Waals surface area contributed by atoms with Crippen molar-refractivity contribution in [3.8, 4) is 0 Å². The highest BCUT2D eigenvalue weighted by atomic mass is 16.2. The molecule has 18 heavy (non-hydrogen) atoms. The van der Waals surface area contributed by atoms with Crippen LogP contribution in [0.2, 0.25) is 0 Å². The fourth-order valence-corrected chi connectivity index (χ4v) is 2.72. The first kappa shape index (κ1) is 13.1. The molecular weight excluding hydrogens is 224 g/mol. The maximum atomic E-state index is 11.5. The molecule has 0 radical (unpaired) electrons. The van der Waals surface area contributed by atoms with E-state index >= 15 is 0 Å². The molecule has 0 bridgehead atoms. The van der Waals surface area contributed by atoms with Crippen molar-refractivity contribution in [1.82, 2.24) is 9.80 Å². The van der Waals surface area contributed by atoms with Crippen molar-refractivity contribution in [1.29, 1.82) is 0 Å². The van der Waals surface area contributed by atoms with Crippen molar-refractivity contribution in [2.45, 2.75) is 39.4 Å². The van der Waals surface area contributed by atoms with E-state index in [-0.39, 0.29) is 5.91 Å². The third-order valence-corrected chi connectivity index (χ3v) is 3.75. The molecule has 3 nitrogen and oxygen atoms in total. The van der Waals surface area contributed by atoms with Crippen molar-refractivity contribution in [2.24, 2.45) is 0 Å². The number of amides is 1. The molecule has 98 valence electrons. The van der Waals surface area contributed by atoms with Crippen molar-refractivity contribution < 1.29 is 4.79 Å². The Morgan fingerprint density at radius 1 is 1.17 bits per heavy atom. The first-order valence-electron chi connectivity index (χ1n) is 6.63. The van der Waals surface area contributed by atoms with E-state index in [1.54, 1.807) is 6.92 Å². The van der Waals surface area contributed by atoms with E-state index in [1.165, 1.54) is 5.56 Å². The van der Waals surface area contributed by atoms with Gasteiger partial charge in [-0.1, -0.05) is 30.3 Å². The molecule has 0 saturated carbocycles. The van der Waals surface area contributed by atoms with Gasteiger partial charge in [-0.15, -0.1) is 0 Å². The third kappa shape index (κ3) is 2.91. The minimum atomic E-state index is 0.188. The molecule has 1 heterocycles. The summed E-state index contributed by atoms with van der Waals surface area (Å²) in [6.45, 7) is 8.71. The van der Waals surface area contributed by atoms with Crippen LogP contribution in [0.15, 0.2) is 30.3 Å². The van der Waals surface area contributed by atoms with E-state index in [2.05, 4.69) is 43.0 Å². The van der Waals surface area contributed by atoms with Gasteiger partial charge in [0.05, 0.1) is 0 Å². The number of piperazine rings is 1. The normalized spacial score (nSPS) is 25.2. The second-order valence-corrected chi connectivity index (χ2v) is 5.28. The maximum absolute atomic E-state index is 11.5. The SMILES string of the molecule is CC(=O)N1C[C@@H](C)N(Cc2ccccc2)[C@@H](C)C1. The summed E-state index contributed by atoms with van der Waals surface area (Å²) >= 11 is 0. The average molecular weight is 246 g/mol. The van der Waals surface area contributed by atoms with Crippen LogP contribution in [-0.2, 0) is 11.3 Å². The van der Waals surface area contributed by atoms with Gasteiger partial charge >= 0.3 is 0 Å². The highest BCUT2D eigenvalue weighted by Gasteiger charge is 2.30. The van der Waals surface area contributed by atoms with E-state index in [9.17, 15) is 4.79 Å². The Morgan fingerprint density at radius 3 is 2.22 bits per heavy atom. The molecule has 2 atom stereocenters. The molecular formula is C15H22N2O. The molecule has 2 rings (SSSR count). The molecule has 1 saturated heterocycles. The maximum Gasteiger partial charge on any atom is 0.219 e.